The molecule has 4 nitrogen and oxygen atoms in total. The fourth-order valence-corrected chi connectivity index (χ4v) is 1.96. The molecule has 0 bridgehead atoms. The summed E-state index contributed by atoms with van der Waals surface area (Å²) in [5, 5.41) is 6.41. The number of carbonyl (C=O) groups excluding carboxylic acids is 2. The van der Waals surface area contributed by atoms with Crippen LogP contribution in [-0.2, 0) is 9.59 Å². The summed E-state index contributed by atoms with van der Waals surface area (Å²) < 4.78 is 0. The minimum Gasteiger partial charge on any atom is -0.317 e. The van der Waals surface area contributed by atoms with Gasteiger partial charge in [0.25, 0.3) is 0 Å². The number of ketones is 2. The highest BCUT2D eigenvalue weighted by atomic mass is 16.1. The lowest BCUT2D eigenvalue weighted by atomic mass is 10.1. The molecule has 2 fully saturated rings. The second-order valence-electron chi connectivity index (χ2n) is 4.64. The van der Waals surface area contributed by atoms with Gasteiger partial charge in [-0.25, -0.2) is 0 Å². The standard InChI is InChI=1S/C7H13NO.C6H11NO/c9-7-3-1-5-8-6-2-4-7;8-6-2-1-4-7-5-3-6/h8H,1-6H2;7H,1-5H2. The molecule has 2 aliphatic rings. The third-order valence-electron chi connectivity index (χ3n) is 3.01. The van der Waals surface area contributed by atoms with Crippen LogP contribution in [0.5, 0.6) is 0 Å². The largest absolute Gasteiger partial charge is 0.317 e. The van der Waals surface area contributed by atoms with E-state index in [1.807, 2.05) is 0 Å². The molecule has 0 radical (unpaired) electrons. The van der Waals surface area contributed by atoms with Crippen LogP contribution in [0.25, 0.3) is 0 Å². The highest BCUT2D eigenvalue weighted by Gasteiger charge is 2.04. The molecule has 2 saturated heterocycles. The average molecular weight is 240 g/mol. The first-order valence-electron chi connectivity index (χ1n) is 6.74. The molecule has 0 aromatic carbocycles. The lowest BCUT2D eigenvalue weighted by molar-refractivity contribution is -0.119. The van der Waals surface area contributed by atoms with E-state index in [-0.39, 0.29) is 0 Å². The van der Waals surface area contributed by atoms with Crippen LogP contribution < -0.4 is 10.6 Å². The van der Waals surface area contributed by atoms with Crippen LogP contribution in [0.3, 0.4) is 0 Å². The summed E-state index contributed by atoms with van der Waals surface area (Å²) in [5.41, 5.74) is 0. The van der Waals surface area contributed by atoms with Crippen LogP contribution in [0.4, 0.5) is 0 Å². The van der Waals surface area contributed by atoms with Crippen LogP contribution in [0.15, 0.2) is 0 Å². The third kappa shape index (κ3) is 8.05. The lowest BCUT2D eigenvalue weighted by Gasteiger charge is -2.07. The minimum atomic E-state index is 0.412. The predicted octanol–water partition coefficient (Wildman–Crippen LogP) is 1.05. The number of hydrogen-bond acceptors (Lipinski definition) is 4. The maximum Gasteiger partial charge on any atom is 0.134 e. The molecule has 17 heavy (non-hydrogen) atoms. The van der Waals surface area contributed by atoms with Crippen molar-refractivity contribution >= 4 is 11.6 Å². The fourth-order valence-electron chi connectivity index (χ4n) is 1.96. The van der Waals surface area contributed by atoms with Gasteiger partial charge in [-0.2, -0.15) is 0 Å². The van der Waals surface area contributed by atoms with Crippen LogP contribution in [0, 0.1) is 0 Å². The highest BCUT2D eigenvalue weighted by molar-refractivity contribution is 5.78. The van der Waals surface area contributed by atoms with E-state index in [0.29, 0.717) is 11.6 Å². The molecule has 4 heteroatoms. The Balaban J connectivity index is 0.000000171. The summed E-state index contributed by atoms with van der Waals surface area (Å²) in [6.45, 7) is 3.95. The lowest BCUT2D eigenvalue weighted by Crippen LogP contribution is -2.21. The third-order valence-corrected chi connectivity index (χ3v) is 3.01. The SMILES string of the molecule is O=C1CCCNCC1.O=C1CCCNCCC1. The molecule has 2 heterocycles. The summed E-state index contributed by atoms with van der Waals surface area (Å²) in [6.07, 6.45) is 6.17. The molecular weight excluding hydrogens is 216 g/mol. The summed E-state index contributed by atoms with van der Waals surface area (Å²) in [6, 6.07) is 0. The van der Waals surface area contributed by atoms with Crippen molar-refractivity contribution in [2.75, 3.05) is 26.2 Å². The molecule has 2 aliphatic heterocycles. The van der Waals surface area contributed by atoms with Crippen molar-refractivity contribution < 1.29 is 9.59 Å². The number of Topliss-reactive ketones (excluding diaryl/α,β-unsaturated/α-hetero) is 2. The molecule has 0 unspecified atom stereocenters. The summed E-state index contributed by atoms with van der Waals surface area (Å²) in [5.74, 6) is 0.853. The van der Waals surface area contributed by atoms with E-state index < -0.39 is 0 Å². The Hall–Kier alpha value is -0.740. The number of rotatable bonds is 0. The zero-order chi connectivity index (χ0) is 12.3. The Morgan fingerprint density at radius 3 is 1.53 bits per heavy atom. The fraction of sp³-hybridized carbons (Fsp3) is 0.846. The zero-order valence-corrected chi connectivity index (χ0v) is 10.6. The Labute approximate surface area is 104 Å². The summed E-state index contributed by atoms with van der Waals surface area (Å²) >= 11 is 0. The minimum absolute atomic E-state index is 0.412. The second kappa shape index (κ2) is 9.31. The molecule has 0 aliphatic carbocycles. The molecule has 2 N–H and O–H groups in total. The summed E-state index contributed by atoms with van der Waals surface area (Å²) in [7, 11) is 0. The van der Waals surface area contributed by atoms with Crippen molar-refractivity contribution in [1.82, 2.24) is 10.6 Å². The van der Waals surface area contributed by atoms with Crippen molar-refractivity contribution in [3.05, 3.63) is 0 Å². The first kappa shape index (κ1) is 14.3. The van der Waals surface area contributed by atoms with Gasteiger partial charge in [0.15, 0.2) is 0 Å². The van der Waals surface area contributed by atoms with E-state index in [1.165, 1.54) is 0 Å². The first-order chi connectivity index (χ1) is 8.29. The van der Waals surface area contributed by atoms with Gasteiger partial charge < -0.3 is 10.6 Å². The van der Waals surface area contributed by atoms with Gasteiger partial charge >= 0.3 is 0 Å². The predicted molar refractivity (Wildman–Crippen MR) is 68.1 cm³/mol. The van der Waals surface area contributed by atoms with Crippen molar-refractivity contribution in [2.24, 2.45) is 0 Å². The van der Waals surface area contributed by atoms with Crippen molar-refractivity contribution in [3.8, 4) is 0 Å². The molecule has 0 aromatic heterocycles. The van der Waals surface area contributed by atoms with Gasteiger partial charge in [-0.05, 0) is 38.9 Å². The van der Waals surface area contributed by atoms with Gasteiger partial charge in [0.05, 0.1) is 0 Å². The molecule has 0 spiro atoms. The topological polar surface area (TPSA) is 58.2 Å². The quantitative estimate of drug-likeness (QED) is 0.664. The van der Waals surface area contributed by atoms with Gasteiger partial charge in [0.2, 0.25) is 0 Å². The zero-order valence-electron chi connectivity index (χ0n) is 10.6. The van der Waals surface area contributed by atoms with E-state index in [2.05, 4.69) is 10.6 Å². The average Bonchev–Trinajstić information content (AvgIpc) is 2.52. The van der Waals surface area contributed by atoms with E-state index in [4.69, 9.17) is 0 Å². The van der Waals surface area contributed by atoms with Crippen molar-refractivity contribution in [2.45, 2.75) is 44.9 Å². The number of nitrogens with one attached hydrogen (secondary N) is 2. The normalized spacial score (nSPS) is 22.8. The second-order valence-corrected chi connectivity index (χ2v) is 4.64. The van der Waals surface area contributed by atoms with Crippen LogP contribution in [0.2, 0.25) is 0 Å². The van der Waals surface area contributed by atoms with E-state index >= 15 is 0 Å². The van der Waals surface area contributed by atoms with Crippen LogP contribution >= 0.6 is 0 Å². The number of hydrogen-bond donors (Lipinski definition) is 2. The van der Waals surface area contributed by atoms with Gasteiger partial charge in [-0.15, -0.1) is 0 Å². The van der Waals surface area contributed by atoms with Gasteiger partial charge in [-0.3, -0.25) is 9.59 Å². The maximum atomic E-state index is 10.8. The maximum absolute atomic E-state index is 10.8. The molecular formula is C13H24N2O2. The van der Waals surface area contributed by atoms with Crippen LogP contribution in [-0.4, -0.2) is 37.7 Å². The van der Waals surface area contributed by atoms with E-state index in [9.17, 15) is 9.59 Å². The Kier molecular flexibility index (Phi) is 7.84. The van der Waals surface area contributed by atoms with Gasteiger partial charge in [0.1, 0.15) is 11.6 Å². The van der Waals surface area contributed by atoms with Crippen molar-refractivity contribution in [1.29, 1.82) is 0 Å². The number of carbonyl (C=O) groups is 2. The van der Waals surface area contributed by atoms with E-state index in [1.54, 1.807) is 0 Å². The Morgan fingerprint density at radius 1 is 0.588 bits per heavy atom. The molecule has 2 rings (SSSR count). The van der Waals surface area contributed by atoms with Crippen molar-refractivity contribution in [3.63, 3.8) is 0 Å². The molecule has 0 aromatic rings. The van der Waals surface area contributed by atoms with E-state index in [0.717, 1.165) is 71.1 Å². The first-order valence-corrected chi connectivity index (χ1v) is 6.74. The molecule has 0 atom stereocenters. The molecule has 0 amide bonds. The van der Waals surface area contributed by atoms with Gasteiger partial charge in [-0.1, -0.05) is 0 Å². The van der Waals surface area contributed by atoms with Gasteiger partial charge in [0, 0.05) is 32.2 Å². The molecule has 98 valence electrons. The Bertz CT molecular complexity index is 222. The monoisotopic (exact) mass is 240 g/mol. The van der Waals surface area contributed by atoms with Crippen LogP contribution in [0.1, 0.15) is 44.9 Å². The molecule has 0 saturated carbocycles. The highest BCUT2D eigenvalue weighted by Crippen LogP contribution is 2.00. The Morgan fingerprint density at radius 2 is 1.00 bits per heavy atom. The smallest absolute Gasteiger partial charge is 0.134 e. The summed E-state index contributed by atoms with van der Waals surface area (Å²) in [4.78, 5) is 21.5.